The Morgan fingerprint density at radius 1 is 0.808 bits per heavy atom. The molecule has 0 saturated heterocycles. The Hall–Kier alpha value is -6.23. The average Bonchev–Trinajstić information content (AvgIpc) is 3.60. The number of para-hydroxylation sites is 1. The summed E-state index contributed by atoms with van der Waals surface area (Å²) in [6.07, 6.45) is -0.795. The molecule has 11 heteroatoms. The van der Waals surface area contributed by atoms with Gasteiger partial charge in [0.05, 0.1) is 18.2 Å². The van der Waals surface area contributed by atoms with Crippen molar-refractivity contribution in [2.45, 2.75) is 44.4 Å². The number of Topliss-reactive ketones (excluding diaryl/α,β-unsaturated/α-hetero) is 1. The zero-order valence-electron chi connectivity index (χ0n) is 28.8. The molecule has 11 nitrogen and oxygen atoms in total. The molecular formula is C41H39N3O8. The lowest BCUT2D eigenvalue weighted by molar-refractivity contribution is -0.151. The Morgan fingerprint density at radius 2 is 1.50 bits per heavy atom. The van der Waals surface area contributed by atoms with E-state index in [1.54, 1.807) is 42.5 Å². The summed E-state index contributed by atoms with van der Waals surface area (Å²) in [5, 5.41) is 23.3. The van der Waals surface area contributed by atoms with Crippen molar-refractivity contribution in [1.29, 1.82) is 0 Å². The number of hydrogen-bond donors (Lipinski definition) is 3. The second kappa shape index (κ2) is 15.8. The summed E-state index contributed by atoms with van der Waals surface area (Å²) in [4.78, 5) is 58.9. The number of rotatable bonds is 15. The van der Waals surface area contributed by atoms with Crippen LogP contribution in [-0.2, 0) is 19.2 Å². The van der Waals surface area contributed by atoms with Crippen LogP contribution in [0.3, 0.4) is 0 Å². The molecule has 0 aromatic heterocycles. The molecule has 5 aromatic carbocycles. The van der Waals surface area contributed by atoms with Gasteiger partial charge in [-0.2, -0.15) is 0 Å². The lowest BCUT2D eigenvalue weighted by Crippen LogP contribution is -2.57. The molecule has 1 aliphatic rings. The van der Waals surface area contributed by atoms with Gasteiger partial charge in [0.2, 0.25) is 0 Å². The molecule has 3 N–H and O–H groups in total. The van der Waals surface area contributed by atoms with Gasteiger partial charge >= 0.3 is 5.97 Å². The van der Waals surface area contributed by atoms with E-state index in [1.807, 2.05) is 86.6 Å². The number of carbonyl (C=O) groups is 4. The maximum atomic E-state index is 14.2. The van der Waals surface area contributed by atoms with Gasteiger partial charge in [0.25, 0.3) is 17.4 Å². The van der Waals surface area contributed by atoms with E-state index < -0.39 is 48.4 Å². The smallest absolute Gasteiger partial charge is 0.305 e. The van der Waals surface area contributed by atoms with Crippen molar-refractivity contribution in [2.75, 3.05) is 13.2 Å². The minimum atomic E-state index is -1.79. The van der Waals surface area contributed by atoms with E-state index in [-0.39, 0.29) is 24.9 Å². The Balaban J connectivity index is 1.21. The number of carboxylic acid groups (broad SMARTS) is 1. The first-order chi connectivity index (χ1) is 25.1. The molecule has 6 rings (SSSR count). The summed E-state index contributed by atoms with van der Waals surface area (Å²) in [6.45, 7) is 3.01. The summed E-state index contributed by atoms with van der Waals surface area (Å²) in [7, 11) is 0. The van der Waals surface area contributed by atoms with Crippen LogP contribution < -0.4 is 20.1 Å². The molecule has 3 atom stereocenters. The first kappa shape index (κ1) is 35.6. The first-order valence-corrected chi connectivity index (χ1v) is 17.0. The van der Waals surface area contributed by atoms with Gasteiger partial charge in [-0.25, -0.2) is 0 Å². The second-order valence-electron chi connectivity index (χ2n) is 13.1. The number of amides is 2. The largest absolute Gasteiger partial charge is 0.489 e. The maximum Gasteiger partial charge on any atom is 0.305 e. The van der Waals surface area contributed by atoms with Gasteiger partial charge in [-0.05, 0) is 52.4 Å². The number of ketones is 1. The van der Waals surface area contributed by atoms with Crippen molar-refractivity contribution in [3.8, 4) is 11.5 Å². The third-order valence-corrected chi connectivity index (χ3v) is 8.95. The normalized spacial score (nSPS) is 16.4. The zero-order valence-corrected chi connectivity index (χ0v) is 28.8. The van der Waals surface area contributed by atoms with Crippen LogP contribution >= 0.6 is 0 Å². The molecule has 52 heavy (non-hydrogen) atoms. The highest BCUT2D eigenvalue weighted by Gasteiger charge is 2.50. The quantitative estimate of drug-likeness (QED) is 0.121. The van der Waals surface area contributed by atoms with Gasteiger partial charge in [0.15, 0.2) is 5.78 Å². The van der Waals surface area contributed by atoms with Crippen molar-refractivity contribution in [2.24, 2.45) is 11.1 Å². The van der Waals surface area contributed by atoms with E-state index in [1.165, 1.54) is 0 Å². The van der Waals surface area contributed by atoms with Crippen molar-refractivity contribution in [1.82, 2.24) is 10.6 Å². The van der Waals surface area contributed by atoms with Crippen LogP contribution in [0.1, 0.15) is 37.0 Å². The van der Waals surface area contributed by atoms with E-state index in [0.29, 0.717) is 22.8 Å². The monoisotopic (exact) mass is 701 g/mol. The molecule has 0 spiro atoms. The number of carboxylic acids is 1. The van der Waals surface area contributed by atoms with Gasteiger partial charge in [-0.3, -0.25) is 19.2 Å². The Labute approximate surface area is 300 Å². The SMILES string of the molecule is CC(C)[C@H](NC(=O)c1ccc2ccccc2c1)C1=NOC(COc2ccccc2)(C(=O)N[C@@H](CC(=O)O)C(=O)COc2cccc3ccccc23)C1. The third-order valence-electron chi connectivity index (χ3n) is 8.95. The highest BCUT2D eigenvalue weighted by atomic mass is 16.7. The van der Waals surface area contributed by atoms with E-state index in [4.69, 9.17) is 14.3 Å². The predicted molar refractivity (Wildman–Crippen MR) is 196 cm³/mol. The van der Waals surface area contributed by atoms with Crippen molar-refractivity contribution < 1.29 is 38.6 Å². The molecule has 1 unspecified atom stereocenters. The standard InChI is InChI=1S/C41H39N3O8/c1-26(2)38(43-39(48)30-20-19-27-11-6-7-13-29(27)21-30)34-23-41(52-44-34,25-51-31-15-4-3-5-16-31)40(49)42-33(22-37(46)47)35(45)24-50-36-18-10-14-28-12-8-9-17-32(28)36/h3-21,26,33,38H,22-25H2,1-2H3,(H,42,49)(H,43,48)(H,46,47)/t33-,38-,41?/m0/s1. The van der Waals surface area contributed by atoms with Crippen molar-refractivity contribution in [3.63, 3.8) is 0 Å². The lowest BCUT2D eigenvalue weighted by Gasteiger charge is -2.28. The Morgan fingerprint density at radius 3 is 2.25 bits per heavy atom. The molecule has 1 aliphatic heterocycles. The summed E-state index contributed by atoms with van der Waals surface area (Å²) in [5.74, 6) is -2.32. The van der Waals surface area contributed by atoms with Crippen molar-refractivity contribution >= 4 is 50.8 Å². The fourth-order valence-corrected chi connectivity index (χ4v) is 6.12. The number of fused-ring (bicyclic) bond motifs is 2. The number of nitrogens with one attached hydrogen (secondary N) is 2. The summed E-state index contributed by atoms with van der Waals surface area (Å²) in [6, 6.07) is 32.8. The molecule has 0 fully saturated rings. The predicted octanol–water partition coefficient (Wildman–Crippen LogP) is 5.95. The highest BCUT2D eigenvalue weighted by Crippen LogP contribution is 2.30. The number of ether oxygens (including phenoxy) is 2. The van der Waals surface area contributed by atoms with Crippen LogP contribution in [0.25, 0.3) is 21.5 Å². The zero-order chi connectivity index (χ0) is 36.7. The Bertz CT molecular complexity index is 2130. The number of aliphatic carboxylic acids is 1. The van der Waals surface area contributed by atoms with E-state index in [9.17, 15) is 24.3 Å². The molecule has 2 amide bonds. The van der Waals surface area contributed by atoms with Gasteiger partial charge in [0.1, 0.15) is 30.8 Å². The van der Waals surface area contributed by atoms with Crippen LogP contribution in [0.15, 0.2) is 120 Å². The minimum Gasteiger partial charge on any atom is -0.489 e. The van der Waals surface area contributed by atoms with Gasteiger partial charge in [-0.15, -0.1) is 0 Å². The topological polar surface area (TPSA) is 153 Å². The maximum absolute atomic E-state index is 14.2. The highest BCUT2D eigenvalue weighted by molar-refractivity contribution is 6.04. The summed E-state index contributed by atoms with van der Waals surface area (Å²) >= 11 is 0. The van der Waals surface area contributed by atoms with Crippen LogP contribution in [0.5, 0.6) is 11.5 Å². The average molecular weight is 702 g/mol. The van der Waals surface area contributed by atoms with Crippen LogP contribution in [0.2, 0.25) is 0 Å². The molecule has 0 saturated carbocycles. The van der Waals surface area contributed by atoms with Gasteiger partial charge in [-0.1, -0.05) is 104 Å². The molecule has 266 valence electrons. The fraction of sp³-hybridized carbons (Fsp3) is 0.244. The summed E-state index contributed by atoms with van der Waals surface area (Å²) in [5.41, 5.74) is -0.947. The molecule has 0 bridgehead atoms. The van der Waals surface area contributed by atoms with E-state index >= 15 is 0 Å². The number of carbonyl (C=O) groups excluding carboxylic acids is 3. The molecular weight excluding hydrogens is 662 g/mol. The van der Waals surface area contributed by atoms with Crippen LogP contribution in [-0.4, -0.2) is 65.3 Å². The van der Waals surface area contributed by atoms with Gasteiger partial charge in [0, 0.05) is 17.4 Å². The van der Waals surface area contributed by atoms with E-state index in [2.05, 4.69) is 15.8 Å². The molecule has 1 heterocycles. The lowest BCUT2D eigenvalue weighted by atomic mass is 9.89. The van der Waals surface area contributed by atoms with Crippen LogP contribution in [0, 0.1) is 5.92 Å². The number of benzene rings is 5. The summed E-state index contributed by atoms with van der Waals surface area (Å²) < 4.78 is 11.8. The minimum absolute atomic E-state index is 0.104. The van der Waals surface area contributed by atoms with Crippen molar-refractivity contribution in [3.05, 3.63) is 121 Å². The number of oxime groups is 1. The first-order valence-electron chi connectivity index (χ1n) is 17.0. The third kappa shape index (κ3) is 8.21. The van der Waals surface area contributed by atoms with Gasteiger partial charge < -0.3 is 30.1 Å². The molecule has 5 aromatic rings. The number of hydrogen-bond acceptors (Lipinski definition) is 8. The van der Waals surface area contributed by atoms with Crippen LogP contribution in [0.4, 0.5) is 0 Å². The van der Waals surface area contributed by atoms with E-state index in [0.717, 1.165) is 21.5 Å². The Kier molecular flexibility index (Phi) is 10.8. The fourth-order valence-electron chi connectivity index (χ4n) is 6.12. The molecule has 0 aliphatic carbocycles. The number of nitrogens with zero attached hydrogens (tertiary/aromatic N) is 1. The second-order valence-corrected chi connectivity index (χ2v) is 13.1. The molecule has 0 radical (unpaired) electrons.